The fraction of sp³-hybridized carbons (Fsp3) is 0.444. The predicted octanol–water partition coefficient (Wildman–Crippen LogP) is 4.18. The highest BCUT2D eigenvalue weighted by molar-refractivity contribution is 5.76. The molecule has 0 unspecified atom stereocenters. The Labute approximate surface area is 204 Å². The average Bonchev–Trinajstić information content (AvgIpc) is 3.40. The number of nitrogens with one attached hydrogen (secondary N) is 2. The Morgan fingerprint density at radius 3 is 2.91 bits per heavy atom. The third-order valence-electron chi connectivity index (χ3n) is 7.98. The van der Waals surface area contributed by atoms with Crippen LogP contribution in [-0.2, 0) is 19.5 Å². The van der Waals surface area contributed by atoms with Gasteiger partial charge in [-0.1, -0.05) is 18.2 Å². The van der Waals surface area contributed by atoms with Crippen molar-refractivity contribution in [1.29, 1.82) is 0 Å². The summed E-state index contributed by atoms with van der Waals surface area (Å²) in [6.07, 6.45) is 6.72. The van der Waals surface area contributed by atoms with Crippen LogP contribution in [0, 0.1) is 12.7 Å². The third kappa shape index (κ3) is 4.20. The number of nitrogens with zero attached hydrogens (tertiary/aromatic N) is 4. The smallest absolute Gasteiger partial charge is 0.317 e. The van der Waals surface area contributed by atoms with Crippen LogP contribution in [0.2, 0.25) is 0 Å². The van der Waals surface area contributed by atoms with Crippen molar-refractivity contribution in [2.24, 2.45) is 0 Å². The van der Waals surface area contributed by atoms with Crippen LogP contribution in [0.3, 0.4) is 0 Å². The van der Waals surface area contributed by atoms with Crippen molar-refractivity contribution in [3.63, 3.8) is 0 Å². The molecule has 2 fully saturated rings. The minimum Gasteiger partial charge on any atom is -0.334 e. The summed E-state index contributed by atoms with van der Waals surface area (Å²) in [7, 11) is 0. The number of hydrogen-bond acceptors (Lipinski definition) is 4. The molecule has 7 nitrogen and oxygen atoms in total. The first-order valence-corrected chi connectivity index (χ1v) is 12.6. The second-order valence-electron chi connectivity index (χ2n) is 10.1. The van der Waals surface area contributed by atoms with Gasteiger partial charge in [-0.25, -0.2) is 9.18 Å². The second kappa shape index (κ2) is 9.07. The SMILES string of the molecule is Cc1cc(-c2n[nH]c3c2CN(C(=O)N[C@H]2CC[C@H]4CC[C@@H]2N4Cc2ccccc2F)CC3)ccn1. The molecule has 8 heteroatoms. The zero-order valence-corrected chi connectivity index (χ0v) is 20.0. The van der Waals surface area contributed by atoms with Crippen LogP contribution in [0.15, 0.2) is 42.6 Å². The molecule has 35 heavy (non-hydrogen) atoms. The summed E-state index contributed by atoms with van der Waals surface area (Å²) in [6.45, 7) is 3.77. The maximum Gasteiger partial charge on any atom is 0.317 e. The lowest BCUT2D eigenvalue weighted by Gasteiger charge is -2.41. The first-order chi connectivity index (χ1) is 17.1. The number of fused-ring (bicyclic) bond motifs is 3. The summed E-state index contributed by atoms with van der Waals surface area (Å²) in [5.41, 5.74) is 5.78. The molecule has 2 amide bonds. The van der Waals surface area contributed by atoms with Crippen molar-refractivity contribution < 1.29 is 9.18 Å². The molecule has 5 heterocycles. The van der Waals surface area contributed by atoms with Crippen LogP contribution in [-0.4, -0.2) is 55.7 Å². The standard InChI is InChI=1S/C27H31FN6O/c1-17-14-18(10-12-29-17)26-21-16-33(13-11-23(21)31-32-26)27(35)30-24-8-6-20-7-9-25(24)34(20)15-19-4-2-3-5-22(19)28/h2-5,10,12,14,20,24-25H,6-9,11,13,15-16H2,1H3,(H,30,35)(H,31,32)/t20-,24-,25-/m0/s1. The molecule has 1 aromatic carbocycles. The van der Waals surface area contributed by atoms with Crippen molar-refractivity contribution in [3.05, 3.63) is 70.9 Å². The van der Waals surface area contributed by atoms with E-state index < -0.39 is 0 Å². The maximum absolute atomic E-state index is 14.3. The fourth-order valence-corrected chi connectivity index (χ4v) is 6.16. The van der Waals surface area contributed by atoms with Crippen molar-refractivity contribution in [1.82, 2.24) is 30.3 Å². The van der Waals surface area contributed by atoms with Crippen LogP contribution in [0.1, 0.15) is 48.2 Å². The Morgan fingerprint density at radius 2 is 2.06 bits per heavy atom. The fourth-order valence-electron chi connectivity index (χ4n) is 6.16. The van der Waals surface area contributed by atoms with Gasteiger partial charge in [-0.3, -0.25) is 15.0 Å². The van der Waals surface area contributed by atoms with Gasteiger partial charge >= 0.3 is 6.03 Å². The van der Waals surface area contributed by atoms with Crippen molar-refractivity contribution in [2.45, 2.75) is 70.2 Å². The lowest BCUT2D eigenvalue weighted by Crippen LogP contribution is -2.56. The van der Waals surface area contributed by atoms with E-state index in [0.717, 1.165) is 65.9 Å². The Balaban J connectivity index is 1.15. The van der Waals surface area contributed by atoms with E-state index in [-0.39, 0.29) is 23.9 Å². The number of amides is 2. The van der Waals surface area contributed by atoms with E-state index in [9.17, 15) is 9.18 Å². The molecule has 2 bridgehead atoms. The molecule has 0 spiro atoms. The number of halogens is 1. The monoisotopic (exact) mass is 474 g/mol. The van der Waals surface area contributed by atoms with Gasteiger partial charge in [0.25, 0.3) is 0 Å². The number of pyridine rings is 1. The largest absolute Gasteiger partial charge is 0.334 e. The van der Waals surface area contributed by atoms with Gasteiger partial charge in [0.1, 0.15) is 5.82 Å². The summed E-state index contributed by atoms with van der Waals surface area (Å²) in [4.78, 5) is 22.0. The molecule has 3 aliphatic rings. The van der Waals surface area contributed by atoms with E-state index in [1.807, 2.05) is 36.1 Å². The van der Waals surface area contributed by atoms with Crippen LogP contribution in [0.5, 0.6) is 0 Å². The van der Waals surface area contributed by atoms with E-state index in [0.29, 0.717) is 25.7 Å². The third-order valence-corrected chi connectivity index (χ3v) is 7.98. The molecular formula is C27H31FN6O. The van der Waals surface area contributed by atoms with Crippen LogP contribution in [0.4, 0.5) is 9.18 Å². The highest BCUT2D eigenvalue weighted by Crippen LogP contribution is 2.37. The zero-order valence-electron chi connectivity index (χ0n) is 20.0. The number of aromatic nitrogens is 3. The number of carbonyl (C=O) groups is 1. The van der Waals surface area contributed by atoms with Crippen molar-refractivity contribution in [3.8, 4) is 11.3 Å². The summed E-state index contributed by atoms with van der Waals surface area (Å²) in [5.74, 6) is -0.150. The Hall–Kier alpha value is -3.26. The van der Waals surface area contributed by atoms with Gasteiger partial charge in [0.2, 0.25) is 0 Å². The van der Waals surface area contributed by atoms with Crippen molar-refractivity contribution >= 4 is 6.03 Å². The van der Waals surface area contributed by atoms with Gasteiger partial charge in [0, 0.05) is 71.9 Å². The molecule has 3 aromatic rings. The highest BCUT2D eigenvalue weighted by Gasteiger charge is 2.43. The molecule has 0 radical (unpaired) electrons. The molecule has 2 N–H and O–H groups in total. The topological polar surface area (TPSA) is 77.2 Å². The summed E-state index contributed by atoms with van der Waals surface area (Å²) in [6, 6.07) is 11.8. The minimum atomic E-state index is -0.150. The maximum atomic E-state index is 14.3. The number of H-pyrrole nitrogens is 1. The predicted molar refractivity (Wildman–Crippen MR) is 131 cm³/mol. The minimum absolute atomic E-state index is 0.0186. The van der Waals surface area contributed by atoms with Crippen molar-refractivity contribution in [2.75, 3.05) is 6.54 Å². The number of aryl methyl sites for hydroxylation is 1. The number of carbonyl (C=O) groups excluding carboxylic acids is 1. The van der Waals surface area contributed by atoms with Crippen LogP contribution >= 0.6 is 0 Å². The second-order valence-corrected chi connectivity index (χ2v) is 10.1. The van der Waals surface area contributed by atoms with Crippen LogP contribution < -0.4 is 5.32 Å². The number of benzene rings is 1. The summed E-state index contributed by atoms with van der Waals surface area (Å²) in [5, 5.41) is 11.1. The van der Waals surface area contributed by atoms with E-state index in [1.54, 1.807) is 12.3 Å². The number of piperidine rings is 1. The van der Waals surface area contributed by atoms with Gasteiger partial charge < -0.3 is 10.2 Å². The average molecular weight is 475 g/mol. The Kier molecular flexibility index (Phi) is 5.76. The van der Waals surface area contributed by atoms with Gasteiger partial charge in [0.15, 0.2) is 0 Å². The number of hydrogen-bond donors (Lipinski definition) is 2. The van der Waals surface area contributed by atoms with E-state index >= 15 is 0 Å². The Bertz CT molecular complexity index is 1240. The molecule has 0 saturated carbocycles. The molecule has 6 rings (SSSR count). The highest BCUT2D eigenvalue weighted by atomic mass is 19.1. The normalized spacial score (nSPS) is 23.8. The molecule has 2 aromatic heterocycles. The molecular weight excluding hydrogens is 443 g/mol. The molecule has 2 saturated heterocycles. The number of urea groups is 1. The van der Waals surface area contributed by atoms with Gasteiger partial charge in [-0.05, 0) is 50.8 Å². The molecule has 3 atom stereocenters. The van der Waals surface area contributed by atoms with E-state index in [4.69, 9.17) is 0 Å². The Morgan fingerprint density at radius 1 is 1.20 bits per heavy atom. The van der Waals surface area contributed by atoms with E-state index in [2.05, 4.69) is 25.4 Å². The van der Waals surface area contributed by atoms with E-state index in [1.165, 1.54) is 6.07 Å². The number of rotatable bonds is 4. The van der Waals surface area contributed by atoms with Gasteiger partial charge in [0.05, 0.1) is 12.2 Å². The molecule has 0 aliphatic carbocycles. The zero-order chi connectivity index (χ0) is 23.9. The first-order valence-electron chi connectivity index (χ1n) is 12.6. The first kappa shape index (κ1) is 22.2. The number of aromatic amines is 1. The van der Waals surface area contributed by atoms with Gasteiger partial charge in [-0.2, -0.15) is 5.10 Å². The quantitative estimate of drug-likeness (QED) is 0.595. The summed E-state index contributed by atoms with van der Waals surface area (Å²) >= 11 is 0. The van der Waals surface area contributed by atoms with Crippen LogP contribution in [0.25, 0.3) is 11.3 Å². The molecule has 182 valence electrons. The lowest BCUT2D eigenvalue weighted by molar-refractivity contribution is 0.0974. The lowest BCUT2D eigenvalue weighted by atomic mass is 9.96. The van der Waals surface area contributed by atoms with Gasteiger partial charge in [-0.15, -0.1) is 0 Å². The summed E-state index contributed by atoms with van der Waals surface area (Å²) < 4.78 is 14.3. The molecule has 3 aliphatic heterocycles.